The fraction of sp³-hybridized carbons (Fsp3) is 0.308. The number of anilines is 1. The van der Waals surface area contributed by atoms with Gasteiger partial charge in [-0.1, -0.05) is 24.3 Å². The second kappa shape index (κ2) is 8.21. The summed E-state index contributed by atoms with van der Waals surface area (Å²) in [6.07, 6.45) is 5.20. The van der Waals surface area contributed by atoms with E-state index in [4.69, 9.17) is 4.98 Å². The van der Waals surface area contributed by atoms with Gasteiger partial charge in [-0.2, -0.15) is 0 Å². The topological polar surface area (TPSA) is 82.2 Å². The van der Waals surface area contributed by atoms with Crippen molar-refractivity contribution >= 4 is 26.7 Å². The van der Waals surface area contributed by atoms with E-state index >= 15 is 0 Å². The molecule has 0 spiro atoms. The van der Waals surface area contributed by atoms with E-state index in [9.17, 15) is 8.42 Å². The number of H-pyrrole nitrogens is 1. The van der Waals surface area contributed by atoms with Crippen molar-refractivity contribution in [3.8, 4) is 22.4 Å². The van der Waals surface area contributed by atoms with E-state index in [1.165, 1.54) is 5.69 Å². The number of nitrogens with zero attached hydrogens (tertiary/aromatic N) is 4. The summed E-state index contributed by atoms with van der Waals surface area (Å²) in [5.41, 5.74) is 6.37. The predicted octanol–water partition coefficient (Wildman–Crippen LogP) is 3.98. The van der Waals surface area contributed by atoms with Crippen molar-refractivity contribution in [3.63, 3.8) is 0 Å². The standard InChI is InChI=1S/C26H27N5O2S/c1-30-12-14-31(15-13-30)20-6-2-19(3-7-20)24-17-28-26-25(29-24)23(16-27-26)18-4-8-21(9-5-18)34(32,33)22-10-11-22/h2-9,16-17,22H,10-15H2,1H3,(H,27,28). The van der Waals surface area contributed by atoms with E-state index in [-0.39, 0.29) is 5.25 Å². The van der Waals surface area contributed by atoms with Crippen molar-refractivity contribution in [2.24, 2.45) is 0 Å². The number of likely N-dealkylation sites (N-methyl/N-ethyl adjacent to an activating group) is 1. The largest absolute Gasteiger partial charge is 0.369 e. The molecule has 2 fully saturated rings. The van der Waals surface area contributed by atoms with Crippen LogP contribution in [0.2, 0.25) is 0 Å². The van der Waals surface area contributed by atoms with Crippen LogP contribution >= 0.6 is 0 Å². The van der Waals surface area contributed by atoms with Crippen LogP contribution in [0.5, 0.6) is 0 Å². The van der Waals surface area contributed by atoms with E-state index in [0.29, 0.717) is 10.5 Å². The predicted molar refractivity (Wildman–Crippen MR) is 135 cm³/mol. The minimum atomic E-state index is -3.19. The molecule has 4 aromatic rings. The second-order valence-electron chi connectivity index (χ2n) is 9.26. The number of rotatable bonds is 5. The molecule has 2 aromatic heterocycles. The lowest BCUT2D eigenvalue weighted by Crippen LogP contribution is -2.44. The number of fused-ring (bicyclic) bond motifs is 1. The van der Waals surface area contributed by atoms with Crippen LogP contribution in [0.4, 0.5) is 5.69 Å². The minimum Gasteiger partial charge on any atom is -0.369 e. The summed E-state index contributed by atoms with van der Waals surface area (Å²) in [6, 6.07) is 15.6. The highest BCUT2D eigenvalue weighted by molar-refractivity contribution is 7.92. The zero-order chi connectivity index (χ0) is 23.3. The maximum absolute atomic E-state index is 12.5. The van der Waals surface area contributed by atoms with Gasteiger partial charge in [-0.05, 0) is 49.7 Å². The molecule has 2 aromatic carbocycles. The molecule has 0 amide bonds. The van der Waals surface area contributed by atoms with Crippen molar-refractivity contribution in [3.05, 3.63) is 60.9 Å². The highest BCUT2D eigenvalue weighted by atomic mass is 32.2. The molecule has 0 unspecified atom stereocenters. The lowest BCUT2D eigenvalue weighted by Gasteiger charge is -2.34. The Bertz CT molecular complexity index is 1430. The Kier molecular flexibility index (Phi) is 5.15. The van der Waals surface area contributed by atoms with Crippen molar-refractivity contribution in [1.82, 2.24) is 19.9 Å². The summed E-state index contributed by atoms with van der Waals surface area (Å²) in [5.74, 6) is 0. The minimum absolute atomic E-state index is 0.206. The van der Waals surface area contributed by atoms with Crippen LogP contribution in [0.25, 0.3) is 33.5 Å². The van der Waals surface area contributed by atoms with Crippen molar-refractivity contribution in [2.75, 3.05) is 38.1 Å². The average Bonchev–Trinajstić information content (AvgIpc) is 3.65. The number of hydrogen-bond donors (Lipinski definition) is 1. The van der Waals surface area contributed by atoms with Gasteiger partial charge in [-0.15, -0.1) is 0 Å². The molecule has 0 radical (unpaired) electrons. The first-order chi connectivity index (χ1) is 16.5. The quantitative estimate of drug-likeness (QED) is 0.472. The molecular weight excluding hydrogens is 446 g/mol. The van der Waals surface area contributed by atoms with Gasteiger partial charge in [-0.3, -0.25) is 0 Å². The smallest absolute Gasteiger partial charge is 0.181 e. The van der Waals surface area contributed by atoms with E-state index in [0.717, 1.165) is 66.9 Å². The summed E-state index contributed by atoms with van der Waals surface area (Å²) in [5, 5.41) is -0.206. The number of aromatic amines is 1. The number of nitrogens with one attached hydrogen (secondary N) is 1. The lowest BCUT2D eigenvalue weighted by molar-refractivity contribution is 0.313. The molecule has 2 aliphatic rings. The van der Waals surface area contributed by atoms with Gasteiger partial charge in [-0.25, -0.2) is 18.4 Å². The lowest BCUT2D eigenvalue weighted by atomic mass is 10.1. The Labute approximate surface area is 199 Å². The van der Waals surface area contributed by atoms with Gasteiger partial charge < -0.3 is 14.8 Å². The van der Waals surface area contributed by atoms with Crippen molar-refractivity contribution in [1.29, 1.82) is 0 Å². The third-order valence-corrected chi connectivity index (χ3v) is 9.15. The number of aromatic nitrogens is 3. The summed E-state index contributed by atoms with van der Waals surface area (Å²) in [6.45, 7) is 4.23. The van der Waals surface area contributed by atoms with Crippen LogP contribution < -0.4 is 4.90 Å². The average molecular weight is 474 g/mol. The SMILES string of the molecule is CN1CCN(c2ccc(-c3cnc4[nH]cc(-c5ccc(S(=O)(=O)C6CC6)cc5)c4n3)cc2)CC1. The summed E-state index contributed by atoms with van der Waals surface area (Å²) in [4.78, 5) is 17.8. The van der Waals surface area contributed by atoms with E-state index in [1.807, 2.05) is 18.3 Å². The van der Waals surface area contributed by atoms with Gasteiger partial charge in [0.25, 0.3) is 0 Å². The second-order valence-corrected chi connectivity index (χ2v) is 11.5. The van der Waals surface area contributed by atoms with Crippen LogP contribution in [0, 0.1) is 0 Å². The molecule has 1 N–H and O–H groups in total. The maximum Gasteiger partial charge on any atom is 0.181 e. The molecule has 1 saturated heterocycles. The van der Waals surface area contributed by atoms with Gasteiger partial charge in [0.15, 0.2) is 15.5 Å². The van der Waals surface area contributed by atoms with Gasteiger partial charge in [0, 0.05) is 49.2 Å². The molecule has 0 atom stereocenters. The molecule has 1 aliphatic heterocycles. The fourth-order valence-corrected chi connectivity index (χ4v) is 6.21. The van der Waals surface area contributed by atoms with Crippen molar-refractivity contribution < 1.29 is 8.42 Å². The Hall–Kier alpha value is -3.23. The highest BCUT2D eigenvalue weighted by Crippen LogP contribution is 2.35. The molecule has 3 heterocycles. The molecule has 6 rings (SSSR count). The zero-order valence-electron chi connectivity index (χ0n) is 19.1. The van der Waals surface area contributed by atoms with Gasteiger partial charge in [0.05, 0.1) is 22.0 Å². The fourth-order valence-electron chi connectivity index (χ4n) is 4.55. The Balaban J connectivity index is 1.28. The first-order valence-electron chi connectivity index (χ1n) is 11.7. The molecule has 34 heavy (non-hydrogen) atoms. The van der Waals surface area contributed by atoms with E-state index in [2.05, 4.69) is 51.1 Å². The number of hydrogen-bond acceptors (Lipinski definition) is 6. The van der Waals surface area contributed by atoms with Crippen LogP contribution in [0.1, 0.15) is 12.8 Å². The number of sulfone groups is 1. The van der Waals surface area contributed by atoms with Gasteiger partial charge in [0.2, 0.25) is 0 Å². The van der Waals surface area contributed by atoms with Crippen molar-refractivity contribution in [2.45, 2.75) is 23.0 Å². The molecular formula is C26H27N5O2S. The summed E-state index contributed by atoms with van der Waals surface area (Å²) in [7, 11) is -1.03. The summed E-state index contributed by atoms with van der Waals surface area (Å²) < 4.78 is 25.0. The van der Waals surface area contributed by atoms with Crippen LogP contribution in [-0.4, -0.2) is 66.7 Å². The number of piperazine rings is 1. The summed E-state index contributed by atoms with van der Waals surface area (Å²) >= 11 is 0. The number of benzene rings is 2. The molecule has 174 valence electrons. The molecule has 7 nitrogen and oxygen atoms in total. The molecule has 1 saturated carbocycles. The van der Waals surface area contributed by atoms with Gasteiger partial charge >= 0.3 is 0 Å². The van der Waals surface area contributed by atoms with Crippen LogP contribution in [0.3, 0.4) is 0 Å². The third kappa shape index (κ3) is 3.86. The normalized spacial score (nSPS) is 17.4. The monoisotopic (exact) mass is 473 g/mol. The molecule has 1 aliphatic carbocycles. The first kappa shape index (κ1) is 21.3. The third-order valence-electron chi connectivity index (χ3n) is 6.87. The highest BCUT2D eigenvalue weighted by Gasteiger charge is 2.36. The van der Waals surface area contributed by atoms with E-state index < -0.39 is 9.84 Å². The zero-order valence-corrected chi connectivity index (χ0v) is 19.9. The van der Waals surface area contributed by atoms with Gasteiger partial charge in [0.1, 0.15) is 5.52 Å². The molecule has 0 bridgehead atoms. The van der Waals surface area contributed by atoms with E-state index in [1.54, 1.807) is 18.3 Å². The Morgan fingerprint density at radius 3 is 2.26 bits per heavy atom. The maximum atomic E-state index is 12.5. The molecule has 8 heteroatoms. The Morgan fingerprint density at radius 2 is 1.59 bits per heavy atom. The van der Waals surface area contributed by atoms with Crippen LogP contribution in [-0.2, 0) is 9.84 Å². The first-order valence-corrected chi connectivity index (χ1v) is 13.3. The Morgan fingerprint density at radius 1 is 0.912 bits per heavy atom. The van der Waals surface area contributed by atoms with Crippen LogP contribution in [0.15, 0.2) is 65.8 Å².